The molecule has 0 spiro atoms. The highest BCUT2D eigenvalue weighted by Crippen LogP contribution is 2.23. The molecule has 1 atom stereocenters. The fourth-order valence-corrected chi connectivity index (χ4v) is 2.84. The van der Waals surface area contributed by atoms with Gasteiger partial charge in [0.15, 0.2) is 0 Å². The first-order valence-corrected chi connectivity index (χ1v) is 7.33. The Morgan fingerprint density at radius 1 is 1.35 bits per heavy atom. The topological polar surface area (TPSA) is 41.9 Å². The van der Waals surface area contributed by atoms with Crippen molar-refractivity contribution in [3.05, 3.63) is 53.3 Å². The molecule has 1 aromatic heterocycles. The van der Waals surface area contributed by atoms with E-state index in [2.05, 4.69) is 46.1 Å². The number of aryl methyl sites for hydroxylation is 1. The van der Waals surface area contributed by atoms with E-state index in [1.807, 2.05) is 17.9 Å². The Kier molecular flexibility index (Phi) is 4.14. The first-order valence-electron chi connectivity index (χ1n) is 7.33. The van der Waals surface area contributed by atoms with Crippen molar-refractivity contribution in [2.45, 2.75) is 25.4 Å². The lowest BCUT2D eigenvalue weighted by atomic mass is 9.99. The van der Waals surface area contributed by atoms with Crippen molar-refractivity contribution in [2.75, 3.05) is 13.1 Å². The quantitative estimate of drug-likeness (QED) is 0.890. The van der Waals surface area contributed by atoms with E-state index in [1.54, 1.807) is 0 Å². The van der Waals surface area contributed by atoms with Crippen LogP contribution < -0.4 is 10.6 Å². The van der Waals surface area contributed by atoms with Crippen LogP contribution in [0.15, 0.2) is 36.5 Å². The number of aromatic nitrogens is 2. The van der Waals surface area contributed by atoms with E-state index in [-0.39, 0.29) is 0 Å². The van der Waals surface area contributed by atoms with Crippen molar-refractivity contribution in [3.8, 4) is 0 Å². The highest BCUT2D eigenvalue weighted by Gasteiger charge is 2.17. The first kappa shape index (κ1) is 13.3. The molecule has 1 aliphatic rings. The maximum absolute atomic E-state index is 4.42. The van der Waals surface area contributed by atoms with E-state index in [0.717, 1.165) is 38.2 Å². The molecule has 1 unspecified atom stereocenters. The van der Waals surface area contributed by atoms with Gasteiger partial charge in [0.2, 0.25) is 0 Å². The number of nitrogens with zero attached hydrogens (tertiary/aromatic N) is 2. The van der Waals surface area contributed by atoms with E-state index in [4.69, 9.17) is 0 Å². The molecule has 2 aromatic rings. The number of rotatable bonds is 4. The van der Waals surface area contributed by atoms with Crippen molar-refractivity contribution in [3.63, 3.8) is 0 Å². The Hall–Kier alpha value is -1.65. The van der Waals surface area contributed by atoms with Gasteiger partial charge in [-0.3, -0.25) is 4.68 Å². The zero-order chi connectivity index (χ0) is 13.8. The fourth-order valence-electron chi connectivity index (χ4n) is 2.84. The molecule has 0 saturated heterocycles. The van der Waals surface area contributed by atoms with E-state index in [0.29, 0.717) is 6.04 Å². The third-order valence-corrected chi connectivity index (χ3v) is 3.90. The Balaban J connectivity index is 1.62. The number of hydrogen-bond acceptors (Lipinski definition) is 3. The number of nitrogens with one attached hydrogen (secondary N) is 2. The molecule has 2 heterocycles. The Morgan fingerprint density at radius 3 is 3.10 bits per heavy atom. The molecule has 0 bridgehead atoms. The van der Waals surface area contributed by atoms with Crippen LogP contribution in [-0.2, 0) is 20.0 Å². The maximum Gasteiger partial charge on any atom is 0.0637 e. The van der Waals surface area contributed by atoms with Gasteiger partial charge >= 0.3 is 0 Å². The molecule has 0 radical (unpaired) electrons. The summed E-state index contributed by atoms with van der Waals surface area (Å²) in [6.07, 6.45) is 4.12. The molecule has 0 aliphatic carbocycles. The summed E-state index contributed by atoms with van der Waals surface area (Å²) in [6.45, 7) is 3.01. The van der Waals surface area contributed by atoms with Crippen molar-refractivity contribution in [2.24, 2.45) is 7.05 Å². The van der Waals surface area contributed by atoms with Gasteiger partial charge in [0.25, 0.3) is 0 Å². The van der Waals surface area contributed by atoms with Crippen LogP contribution in [0, 0.1) is 0 Å². The largest absolute Gasteiger partial charge is 0.313 e. The second kappa shape index (κ2) is 6.20. The lowest BCUT2D eigenvalue weighted by Crippen LogP contribution is -2.25. The average molecular weight is 270 g/mol. The molecule has 0 saturated carbocycles. The van der Waals surface area contributed by atoms with Crippen LogP contribution in [-0.4, -0.2) is 22.9 Å². The lowest BCUT2D eigenvalue weighted by Gasteiger charge is -2.18. The van der Waals surface area contributed by atoms with Crippen molar-refractivity contribution in [1.29, 1.82) is 0 Å². The average Bonchev–Trinajstić information content (AvgIpc) is 2.76. The molecule has 4 nitrogen and oxygen atoms in total. The maximum atomic E-state index is 4.42. The Morgan fingerprint density at radius 2 is 2.25 bits per heavy atom. The predicted octanol–water partition coefficient (Wildman–Crippen LogP) is 1.79. The van der Waals surface area contributed by atoms with Crippen LogP contribution in [0.3, 0.4) is 0 Å². The van der Waals surface area contributed by atoms with Gasteiger partial charge in [0, 0.05) is 38.8 Å². The number of fused-ring (bicyclic) bond motifs is 1. The van der Waals surface area contributed by atoms with Gasteiger partial charge in [0.1, 0.15) is 0 Å². The standard InChI is InChI=1S/C16H22N4/c1-20-11-8-14(19-20)6-10-18-16-7-9-17-12-13-4-2-3-5-15(13)16/h2-5,8,11,16-18H,6-7,9-10,12H2,1H3. The smallest absolute Gasteiger partial charge is 0.0637 e. The van der Waals surface area contributed by atoms with E-state index < -0.39 is 0 Å². The molecule has 2 N–H and O–H groups in total. The number of benzene rings is 1. The van der Waals surface area contributed by atoms with E-state index in [9.17, 15) is 0 Å². The summed E-state index contributed by atoms with van der Waals surface area (Å²) in [4.78, 5) is 0. The third kappa shape index (κ3) is 3.08. The van der Waals surface area contributed by atoms with Crippen molar-refractivity contribution in [1.82, 2.24) is 20.4 Å². The Bertz CT molecular complexity index is 561. The highest BCUT2D eigenvalue weighted by atomic mass is 15.2. The van der Waals surface area contributed by atoms with Gasteiger partial charge in [-0.15, -0.1) is 0 Å². The van der Waals surface area contributed by atoms with Crippen LogP contribution in [0.1, 0.15) is 29.3 Å². The molecular formula is C16H22N4. The van der Waals surface area contributed by atoms with Crippen LogP contribution in [0.5, 0.6) is 0 Å². The molecule has 0 amide bonds. The Labute approximate surface area is 120 Å². The fraction of sp³-hybridized carbons (Fsp3) is 0.438. The summed E-state index contributed by atoms with van der Waals surface area (Å²) in [5.74, 6) is 0. The monoisotopic (exact) mass is 270 g/mol. The molecule has 20 heavy (non-hydrogen) atoms. The summed E-state index contributed by atoms with van der Waals surface area (Å²) in [6, 6.07) is 11.3. The van der Waals surface area contributed by atoms with Crippen molar-refractivity contribution < 1.29 is 0 Å². The molecule has 4 heteroatoms. The second-order valence-corrected chi connectivity index (χ2v) is 5.40. The normalized spacial score (nSPS) is 18.6. The zero-order valence-corrected chi connectivity index (χ0v) is 12.0. The minimum atomic E-state index is 0.449. The van der Waals surface area contributed by atoms with Crippen LogP contribution in [0.2, 0.25) is 0 Å². The summed E-state index contributed by atoms with van der Waals surface area (Å²) in [7, 11) is 1.96. The third-order valence-electron chi connectivity index (χ3n) is 3.90. The van der Waals surface area contributed by atoms with Gasteiger partial charge in [-0.25, -0.2) is 0 Å². The number of hydrogen-bond donors (Lipinski definition) is 2. The van der Waals surface area contributed by atoms with E-state index >= 15 is 0 Å². The van der Waals surface area contributed by atoms with Crippen LogP contribution in [0.4, 0.5) is 0 Å². The molecule has 3 rings (SSSR count). The van der Waals surface area contributed by atoms with Gasteiger partial charge in [-0.05, 0) is 30.2 Å². The highest BCUT2D eigenvalue weighted by molar-refractivity contribution is 5.31. The molecule has 0 fully saturated rings. The summed E-state index contributed by atoms with van der Waals surface area (Å²) in [5.41, 5.74) is 4.01. The van der Waals surface area contributed by atoms with Gasteiger partial charge < -0.3 is 10.6 Å². The second-order valence-electron chi connectivity index (χ2n) is 5.40. The van der Waals surface area contributed by atoms with Crippen molar-refractivity contribution >= 4 is 0 Å². The predicted molar refractivity (Wildman–Crippen MR) is 80.4 cm³/mol. The minimum absolute atomic E-state index is 0.449. The molecule has 1 aromatic carbocycles. The molecule has 1 aliphatic heterocycles. The summed E-state index contributed by atoms with van der Waals surface area (Å²) in [5, 5.41) is 11.6. The summed E-state index contributed by atoms with van der Waals surface area (Å²) >= 11 is 0. The summed E-state index contributed by atoms with van der Waals surface area (Å²) < 4.78 is 1.86. The molecular weight excluding hydrogens is 248 g/mol. The molecule has 106 valence electrons. The van der Waals surface area contributed by atoms with Gasteiger partial charge in [-0.2, -0.15) is 5.10 Å². The minimum Gasteiger partial charge on any atom is -0.313 e. The van der Waals surface area contributed by atoms with Crippen LogP contribution >= 0.6 is 0 Å². The zero-order valence-electron chi connectivity index (χ0n) is 12.0. The first-order chi connectivity index (χ1) is 9.83. The SMILES string of the molecule is Cn1ccc(CCNC2CCNCc3ccccc32)n1. The lowest BCUT2D eigenvalue weighted by molar-refractivity contribution is 0.497. The van der Waals surface area contributed by atoms with Gasteiger partial charge in [0.05, 0.1) is 5.69 Å². The van der Waals surface area contributed by atoms with Gasteiger partial charge in [-0.1, -0.05) is 24.3 Å². The van der Waals surface area contributed by atoms with E-state index in [1.165, 1.54) is 11.1 Å². The van der Waals surface area contributed by atoms with Crippen LogP contribution in [0.25, 0.3) is 0 Å².